The zero-order valence-electron chi connectivity index (χ0n) is 6.87. The second-order valence-electron chi connectivity index (χ2n) is 2.67. The fraction of sp³-hybridized carbons (Fsp3) is 0.222. The minimum absolute atomic E-state index is 0.207. The monoisotopic (exact) mass is 180 g/mol. The zero-order valence-corrected chi connectivity index (χ0v) is 6.87. The summed E-state index contributed by atoms with van der Waals surface area (Å²) in [4.78, 5) is 0. The Kier molecular flexibility index (Phi) is 2.96. The van der Waals surface area contributed by atoms with Gasteiger partial charge in [-0.15, -0.1) is 0 Å². The lowest BCUT2D eigenvalue weighted by Crippen LogP contribution is -2.14. The molecule has 0 spiro atoms. The average Bonchev–Trinajstić information content (AvgIpc) is 2.15. The van der Waals surface area contributed by atoms with Crippen molar-refractivity contribution < 1.29 is 9.50 Å². The van der Waals surface area contributed by atoms with Crippen LogP contribution in [0.4, 0.5) is 4.39 Å². The number of nitrogens with zero attached hydrogens (tertiary/aromatic N) is 1. The third-order valence-corrected chi connectivity index (χ3v) is 1.67. The van der Waals surface area contributed by atoms with Crippen LogP contribution in [-0.2, 0) is 0 Å². The van der Waals surface area contributed by atoms with E-state index < -0.39 is 11.9 Å². The molecule has 13 heavy (non-hydrogen) atoms. The predicted octanol–water partition coefficient (Wildman–Crippen LogP) is 0.689. The largest absolute Gasteiger partial charge is 0.394 e. The number of benzene rings is 1. The van der Waals surface area contributed by atoms with Crippen molar-refractivity contribution in [3.8, 4) is 6.07 Å². The molecule has 0 fully saturated rings. The van der Waals surface area contributed by atoms with E-state index in [0.29, 0.717) is 5.56 Å². The molecule has 0 amide bonds. The van der Waals surface area contributed by atoms with E-state index in [4.69, 9.17) is 16.1 Å². The molecule has 68 valence electrons. The van der Waals surface area contributed by atoms with E-state index in [2.05, 4.69) is 0 Å². The SMILES string of the molecule is N#Cc1cc(F)cc(C(N)CO)c1. The van der Waals surface area contributed by atoms with Gasteiger partial charge >= 0.3 is 0 Å². The fourth-order valence-corrected chi connectivity index (χ4v) is 0.996. The van der Waals surface area contributed by atoms with Gasteiger partial charge in [-0.05, 0) is 23.8 Å². The smallest absolute Gasteiger partial charge is 0.124 e. The molecular weight excluding hydrogens is 171 g/mol. The Morgan fingerprint density at radius 2 is 2.23 bits per heavy atom. The molecule has 0 aliphatic carbocycles. The van der Waals surface area contributed by atoms with Crippen molar-refractivity contribution in [3.63, 3.8) is 0 Å². The van der Waals surface area contributed by atoms with Crippen LogP contribution in [0.15, 0.2) is 18.2 Å². The lowest BCUT2D eigenvalue weighted by molar-refractivity contribution is 0.268. The first kappa shape index (κ1) is 9.65. The van der Waals surface area contributed by atoms with Crippen molar-refractivity contribution in [2.75, 3.05) is 6.61 Å². The molecule has 3 nitrogen and oxygen atoms in total. The van der Waals surface area contributed by atoms with Crippen molar-refractivity contribution in [2.45, 2.75) is 6.04 Å². The summed E-state index contributed by atoms with van der Waals surface area (Å²) in [5, 5.41) is 17.2. The van der Waals surface area contributed by atoms with E-state index in [1.807, 2.05) is 6.07 Å². The quantitative estimate of drug-likeness (QED) is 0.703. The Labute approximate surface area is 75.2 Å². The van der Waals surface area contributed by atoms with Gasteiger partial charge in [-0.1, -0.05) is 0 Å². The first-order valence-corrected chi connectivity index (χ1v) is 3.74. The highest BCUT2D eigenvalue weighted by molar-refractivity contribution is 5.34. The number of aliphatic hydroxyl groups is 1. The maximum Gasteiger partial charge on any atom is 0.124 e. The fourth-order valence-electron chi connectivity index (χ4n) is 0.996. The Morgan fingerprint density at radius 1 is 1.54 bits per heavy atom. The van der Waals surface area contributed by atoms with E-state index in [-0.39, 0.29) is 12.2 Å². The summed E-state index contributed by atoms with van der Waals surface area (Å²) in [6, 6.07) is 4.96. The Balaban J connectivity index is 3.10. The first-order chi connectivity index (χ1) is 6.17. The second kappa shape index (κ2) is 3.99. The molecule has 1 rings (SSSR count). The van der Waals surface area contributed by atoms with Crippen LogP contribution in [0.3, 0.4) is 0 Å². The van der Waals surface area contributed by atoms with Gasteiger partial charge in [-0.2, -0.15) is 5.26 Å². The Morgan fingerprint density at radius 3 is 2.77 bits per heavy atom. The van der Waals surface area contributed by atoms with Crippen molar-refractivity contribution in [2.24, 2.45) is 5.73 Å². The lowest BCUT2D eigenvalue weighted by atomic mass is 10.1. The number of rotatable bonds is 2. The normalized spacial score (nSPS) is 12.2. The lowest BCUT2D eigenvalue weighted by Gasteiger charge is -2.08. The average molecular weight is 180 g/mol. The zero-order chi connectivity index (χ0) is 9.84. The van der Waals surface area contributed by atoms with Crippen LogP contribution in [0.25, 0.3) is 0 Å². The van der Waals surface area contributed by atoms with E-state index in [0.717, 1.165) is 6.07 Å². The van der Waals surface area contributed by atoms with Crippen molar-refractivity contribution in [1.82, 2.24) is 0 Å². The minimum atomic E-state index is -0.636. The number of hydrogen-bond acceptors (Lipinski definition) is 3. The molecular formula is C9H9FN2O. The summed E-state index contributed by atoms with van der Waals surface area (Å²) in [7, 11) is 0. The molecule has 0 bridgehead atoms. The van der Waals surface area contributed by atoms with Crippen LogP contribution in [0.5, 0.6) is 0 Å². The van der Waals surface area contributed by atoms with Gasteiger partial charge in [-0.25, -0.2) is 4.39 Å². The van der Waals surface area contributed by atoms with Crippen LogP contribution < -0.4 is 5.73 Å². The van der Waals surface area contributed by atoms with Gasteiger partial charge in [0.25, 0.3) is 0 Å². The highest BCUT2D eigenvalue weighted by Crippen LogP contribution is 2.14. The van der Waals surface area contributed by atoms with Gasteiger partial charge in [0.05, 0.1) is 24.3 Å². The number of halogens is 1. The molecule has 1 atom stereocenters. The van der Waals surface area contributed by atoms with Crippen LogP contribution in [0.2, 0.25) is 0 Å². The van der Waals surface area contributed by atoms with E-state index in [1.54, 1.807) is 0 Å². The summed E-state index contributed by atoms with van der Waals surface area (Å²) in [5.41, 5.74) is 6.10. The van der Waals surface area contributed by atoms with Crippen LogP contribution in [-0.4, -0.2) is 11.7 Å². The molecule has 0 saturated heterocycles. The summed E-state index contributed by atoms with van der Waals surface area (Å²) in [6.07, 6.45) is 0. The molecule has 0 aromatic heterocycles. The molecule has 1 aromatic carbocycles. The molecule has 4 heteroatoms. The standard InChI is InChI=1S/C9H9FN2O/c10-8-2-6(4-11)1-7(3-8)9(12)5-13/h1-3,9,13H,5,12H2. The highest BCUT2D eigenvalue weighted by Gasteiger charge is 2.07. The molecule has 0 aliphatic rings. The summed E-state index contributed by atoms with van der Waals surface area (Å²) in [6.45, 7) is -0.270. The predicted molar refractivity (Wildman–Crippen MR) is 45.1 cm³/mol. The van der Waals surface area contributed by atoms with E-state index >= 15 is 0 Å². The number of nitrogens with two attached hydrogens (primary N) is 1. The molecule has 1 unspecified atom stereocenters. The third-order valence-electron chi connectivity index (χ3n) is 1.67. The number of hydrogen-bond donors (Lipinski definition) is 2. The van der Waals surface area contributed by atoms with Gasteiger partial charge < -0.3 is 10.8 Å². The summed E-state index contributed by atoms with van der Waals surface area (Å²) >= 11 is 0. The van der Waals surface area contributed by atoms with Crippen LogP contribution in [0, 0.1) is 17.1 Å². The molecule has 0 radical (unpaired) electrons. The van der Waals surface area contributed by atoms with Gasteiger partial charge in [0, 0.05) is 0 Å². The van der Waals surface area contributed by atoms with Gasteiger partial charge in [0.2, 0.25) is 0 Å². The molecule has 0 aliphatic heterocycles. The van der Waals surface area contributed by atoms with Crippen LogP contribution >= 0.6 is 0 Å². The van der Waals surface area contributed by atoms with Crippen molar-refractivity contribution in [1.29, 1.82) is 5.26 Å². The van der Waals surface area contributed by atoms with Gasteiger partial charge in [0.1, 0.15) is 5.82 Å². The minimum Gasteiger partial charge on any atom is -0.394 e. The molecule has 0 heterocycles. The first-order valence-electron chi connectivity index (χ1n) is 3.74. The van der Waals surface area contributed by atoms with E-state index in [1.165, 1.54) is 12.1 Å². The third kappa shape index (κ3) is 2.25. The summed E-state index contributed by atoms with van der Waals surface area (Å²) in [5.74, 6) is -0.516. The Hall–Kier alpha value is -1.44. The second-order valence-corrected chi connectivity index (χ2v) is 2.67. The van der Waals surface area contributed by atoms with Crippen LogP contribution in [0.1, 0.15) is 17.2 Å². The van der Waals surface area contributed by atoms with Crippen molar-refractivity contribution in [3.05, 3.63) is 35.1 Å². The molecule has 0 saturated carbocycles. The summed E-state index contributed by atoms with van der Waals surface area (Å²) < 4.78 is 12.8. The highest BCUT2D eigenvalue weighted by atomic mass is 19.1. The van der Waals surface area contributed by atoms with E-state index in [9.17, 15) is 4.39 Å². The molecule has 1 aromatic rings. The number of nitriles is 1. The van der Waals surface area contributed by atoms with Crippen molar-refractivity contribution >= 4 is 0 Å². The Bertz CT molecular complexity index is 346. The van der Waals surface area contributed by atoms with Gasteiger partial charge in [0.15, 0.2) is 0 Å². The maximum absolute atomic E-state index is 12.8. The maximum atomic E-state index is 12.8. The number of aliphatic hydroxyl groups excluding tert-OH is 1. The molecule has 3 N–H and O–H groups in total. The van der Waals surface area contributed by atoms with Gasteiger partial charge in [-0.3, -0.25) is 0 Å². The topological polar surface area (TPSA) is 70.0 Å².